The second-order valence-corrected chi connectivity index (χ2v) is 5.12. The number of aryl methyl sites for hydroxylation is 2. The molecule has 0 aliphatic heterocycles. The Morgan fingerprint density at radius 3 is 2.65 bits per heavy atom. The fraction of sp³-hybridized carbons (Fsp3) is 0.385. The quantitative estimate of drug-likeness (QED) is 0.691. The number of nitrogens with one attached hydrogen (secondary N) is 2. The van der Waals surface area contributed by atoms with Gasteiger partial charge in [0.05, 0.1) is 12.3 Å². The van der Waals surface area contributed by atoms with Crippen LogP contribution >= 0.6 is 15.9 Å². The molecule has 1 aromatic rings. The van der Waals surface area contributed by atoms with Crippen LogP contribution < -0.4 is 10.6 Å². The summed E-state index contributed by atoms with van der Waals surface area (Å²) in [7, 11) is 0. The smallest absolute Gasteiger partial charge is 0.329 e. The molecule has 1 rings (SSSR count). The molecule has 110 valence electrons. The van der Waals surface area contributed by atoms with E-state index in [1.165, 1.54) is 0 Å². The van der Waals surface area contributed by atoms with E-state index in [1.54, 1.807) is 0 Å². The number of carboxylic acid groups (broad SMARTS) is 1. The van der Waals surface area contributed by atoms with Gasteiger partial charge in [-0.3, -0.25) is 0 Å². The summed E-state index contributed by atoms with van der Waals surface area (Å²) in [5.74, 6) is -1.03. The van der Waals surface area contributed by atoms with Gasteiger partial charge >= 0.3 is 12.0 Å². The third-order valence-electron chi connectivity index (χ3n) is 2.43. The number of ether oxygens (including phenoxy) is 1. The van der Waals surface area contributed by atoms with E-state index in [0.29, 0.717) is 5.69 Å². The molecule has 0 saturated carbocycles. The van der Waals surface area contributed by atoms with E-state index in [2.05, 4.69) is 26.6 Å². The normalized spacial score (nSPS) is 10.2. The van der Waals surface area contributed by atoms with Crippen LogP contribution in [0.1, 0.15) is 11.1 Å². The lowest BCUT2D eigenvalue weighted by molar-refractivity contribution is -0.142. The van der Waals surface area contributed by atoms with Crippen molar-refractivity contribution in [2.24, 2.45) is 0 Å². The van der Waals surface area contributed by atoms with Crippen molar-refractivity contribution in [3.8, 4) is 0 Å². The van der Waals surface area contributed by atoms with Crippen LogP contribution in [0.3, 0.4) is 0 Å². The van der Waals surface area contributed by atoms with Crippen molar-refractivity contribution < 1.29 is 19.4 Å². The summed E-state index contributed by atoms with van der Waals surface area (Å²) in [5.41, 5.74) is 2.76. The number of carbonyl (C=O) groups is 2. The van der Waals surface area contributed by atoms with Crippen LogP contribution in [0, 0.1) is 13.8 Å². The molecule has 6 nitrogen and oxygen atoms in total. The predicted octanol–water partition coefficient (Wildman–Crippen LogP) is 2.29. The Morgan fingerprint density at radius 2 is 2.05 bits per heavy atom. The zero-order valence-electron chi connectivity index (χ0n) is 11.3. The molecule has 7 heteroatoms. The first-order chi connectivity index (χ1) is 9.40. The Labute approximate surface area is 125 Å². The Balaban J connectivity index is 2.41. The van der Waals surface area contributed by atoms with Gasteiger partial charge in [-0.05, 0) is 47.0 Å². The second-order valence-electron chi connectivity index (χ2n) is 4.27. The molecule has 0 unspecified atom stereocenters. The van der Waals surface area contributed by atoms with E-state index in [-0.39, 0.29) is 25.8 Å². The van der Waals surface area contributed by atoms with Gasteiger partial charge in [0, 0.05) is 11.0 Å². The van der Waals surface area contributed by atoms with Crippen LogP contribution in [-0.2, 0) is 9.53 Å². The van der Waals surface area contributed by atoms with Gasteiger partial charge in [0.15, 0.2) is 0 Å². The fourth-order valence-corrected chi connectivity index (χ4v) is 2.40. The number of benzene rings is 1. The average molecular weight is 345 g/mol. The number of carbonyl (C=O) groups excluding carboxylic acids is 1. The third-order valence-corrected chi connectivity index (χ3v) is 3.05. The first kappa shape index (κ1) is 16.5. The molecule has 0 aromatic heterocycles. The van der Waals surface area contributed by atoms with Crippen LogP contribution in [0.4, 0.5) is 10.5 Å². The maximum Gasteiger partial charge on any atom is 0.329 e. The number of urea groups is 1. The van der Waals surface area contributed by atoms with Crippen LogP contribution in [0.2, 0.25) is 0 Å². The summed E-state index contributed by atoms with van der Waals surface area (Å²) in [6, 6.07) is 3.52. The summed E-state index contributed by atoms with van der Waals surface area (Å²) in [6.07, 6.45) is 0. The van der Waals surface area contributed by atoms with E-state index in [0.717, 1.165) is 15.6 Å². The minimum absolute atomic E-state index is 0.147. The summed E-state index contributed by atoms with van der Waals surface area (Å²) < 4.78 is 5.62. The maximum absolute atomic E-state index is 11.7. The van der Waals surface area contributed by atoms with E-state index >= 15 is 0 Å². The summed E-state index contributed by atoms with van der Waals surface area (Å²) in [4.78, 5) is 21.9. The first-order valence-electron chi connectivity index (χ1n) is 6.01. The monoisotopic (exact) mass is 344 g/mol. The molecule has 0 saturated heterocycles. The maximum atomic E-state index is 11.7. The molecule has 0 heterocycles. The number of aliphatic carboxylic acids is 1. The predicted molar refractivity (Wildman–Crippen MR) is 79.1 cm³/mol. The number of hydrogen-bond acceptors (Lipinski definition) is 3. The van der Waals surface area contributed by atoms with E-state index in [4.69, 9.17) is 9.84 Å². The minimum atomic E-state index is -1.03. The molecule has 0 fully saturated rings. The molecule has 2 amide bonds. The van der Waals surface area contributed by atoms with Gasteiger partial charge < -0.3 is 20.5 Å². The van der Waals surface area contributed by atoms with E-state index in [1.807, 2.05) is 26.0 Å². The van der Waals surface area contributed by atoms with E-state index < -0.39 is 5.97 Å². The lowest BCUT2D eigenvalue weighted by Crippen LogP contribution is -2.32. The summed E-state index contributed by atoms with van der Waals surface area (Å²) >= 11 is 3.40. The minimum Gasteiger partial charge on any atom is -0.480 e. The standard InChI is InChI=1S/C13H17BrN2O4/c1-8-5-9(2)12(10(14)6-8)16-13(19)15-3-4-20-7-11(17)18/h5-6H,3-4,7H2,1-2H3,(H,17,18)(H2,15,16,19). The average Bonchev–Trinajstić information content (AvgIpc) is 2.33. The van der Waals surface area contributed by atoms with Crippen molar-refractivity contribution in [1.82, 2.24) is 5.32 Å². The Kier molecular flexibility index (Phi) is 6.47. The van der Waals surface area contributed by atoms with Crippen molar-refractivity contribution >= 4 is 33.6 Å². The van der Waals surface area contributed by atoms with Crippen LogP contribution in [0.15, 0.2) is 16.6 Å². The molecular formula is C13H17BrN2O4. The number of anilines is 1. The highest BCUT2D eigenvalue weighted by atomic mass is 79.9. The van der Waals surface area contributed by atoms with Crippen LogP contribution in [0.25, 0.3) is 0 Å². The van der Waals surface area contributed by atoms with E-state index in [9.17, 15) is 9.59 Å². The topological polar surface area (TPSA) is 87.7 Å². The zero-order valence-corrected chi connectivity index (χ0v) is 12.9. The second kappa shape index (κ2) is 7.86. The fourth-order valence-electron chi connectivity index (χ4n) is 1.63. The molecular weight excluding hydrogens is 328 g/mol. The Morgan fingerprint density at radius 1 is 1.35 bits per heavy atom. The molecule has 0 radical (unpaired) electrons. The number of hydrogen-bond donors (Lipinski definition) is 3. The van der Waals surface area contributed by atoms with Gasteiger partial charge in [0.1, 0.15) is 6.61 Å². The van der Waals surface area contributed by atoms with Crippen LogP contribution in [-0.4, -0.2) is 36.9 Å². The lowest BCUT2D eigenvalue weighted by Gasteiger charge is -2.12. The van der Waals surface area contributed by atoms with Gasteiger partial charge in [-0.25, -0.2) is 9.59 Å². The third kappa shape index (κ3) is 5.58. The Bertz CT molecular complexity index is 482. The molecule has 3 N–H and O–H groups in total. The number of halogens is 1. The van der Waals surface area contributed by atoms with Gasteiger partial charge in [0.25, 0.3) is 0 Å². The molecule has 0 spiro atoms. The van der Waals surface area contributed by atoms with Crippen molar-refractivity contribution in [3.63, 3.8) is 0 Å². The number of amides is 2. The molecule has 1 aromatic carbocycles. The van der Waals surface area contributed by atoms with Crippen molar-refractivity contribution in [3.05, 3.63) is 27.7 Å². The molecule has 0 atom stereocenters. The SMILES string of the molecule is Cc1cc(C)c(NC(=O)NCCOCC(=O)O)c(Br)c1. The number of carboxylic acids is 1. The molecule has 0 bridgehead atoms. The van der Waals surface area contributed by atoms with Gasteiger partial charge in [0.2, 0.25) is 0 Å². The Hall–Kier alpha value is -1.60. The lowest BCUT2D eigenvalue weighted by atomic mass is 10.1. The highest BCUT2D eigenvalue weighted by molar-refractivity contribution is 9.10. The zero-order chi connectivity index (χ0) is 15.1. The van der Waals surface area contributed by atoms with Gasteiger partial charge in [-0.2, -0.15) is 0 Å². The van der Waals surface area contributed by atoms with Crippen molar-refractivity contribution in [2.75, 3.05) is 25.1 Å². The number of rotatable bonds is 6. The highest BCUT2D eigenvalue weighted by Crippen LogP contribution is 2.27. The van der Waals surface area contributed by atoms with Crippen LogP contribution in [0.5, 0.6) is 0 Å². The molecule has 20 heavy (non-hydrogen) atoms. The molecule has 0 aliphatic rings. The van der Waals surface area contributed by atoms with Crippen molar-refractivity contribution in [2.45, 2.75) is 13.8 Å². The van der Waals surface area contributed by atoms with Gasteiger partial charge in [-0.15, -0.1) is 0 Å². The van der Waals surface area contributed by atoms with Gasteiger partial charge in [-0.1, -0.05) is 6.07 Å². The highest BCUT2D eigenvalue weighted by Gasteiger charge is 2.08. The summed E-state index contributed by atoms with van der Waals surface area (Å²) in [5, 5.41) is 13.7. The van der Waals surface area contributed by atoms with Crippen molar-refractivity contribution in [1.29, 1.82) is 0 Å². The summed E-state index contributed by atoms with van der Waals surface area (Å²) in [6.45, 7) is 3.89. The molecule has 0 aliphatic carbocycles. The first-order valence-corrected chi connectivity index (χ1v) is 6.80. The largest absolute Gasteiger partial charge is 0.480 e.